The van der Waals surface area contributed by atoms with Crippen LogP contribution in [-0.2, 0) is 5.41 Å². The van der Waals surface area contributed by atoms with E-state index in [0.717, 1.165) is 0 Å². The fourth-order valence-electron chi connectivity index (χ4n) is 2.03. The van der Waals surface area contributed by atoms with Crippen LogP contribution in [-0.4, -0.2) is 11.7 Å². The highest BCUT2D eigenvalue weighted by Gasteiger charge is 2.35. The zero-order chi connectivity index (χ0) is 13.9. The van der Waals surface area contributed by atoms with Gasteiger partial charge in [0.1, 0.15) is 5.41 Å². The topological polar surface area (TPSA) is 44.0 Å². The van der Waals surface area contributed by atoms with Crippen molar-refractivity contribution in [3.8, 4) is 6.07 Å². The molecule has 0 bridgehead atoms. The standard InChI is InChI=1S/C15H11Cl2NO/c16-12-7-5-11(6-8-12)15(9-18,10-19)13-3-1-2-4-14(13)17/h1-8,19H,10H2. The second kappa shape index (κ2) is 5.63. The normalized spacial score (nSPS) is 13.6. The highest BCUT2D eigenvalue weighted by Crippen LogP contribution is 2.36. The minimum atomic E-state index is -1.18. The lowest BCUT2D eigenvalue weighted by Gasteiger charge is -2.26. The van der Waals surface area contributed by atoms with Crippen LogP contribution in [0, 0.1) is 11.3 Å². The number of benzene rings is 2. The van der Waals surface area contributed by atoms with Gasteiger partial charge in [0.15, 0.2) is 0 Å². The summed E-state index contributed by atoms with van der Waals surface area (Å²) >= 11 is 12.0. The van der Waals surface area contributed by atoms with E-state index in [9.17, 15) is 10.4 Å². The van der Waals surface area contributed by atoms with Crippen LogP contribution < -0.4 is 0 Å². The highest BCUT2D eigenvalue weighted by atomic mass is 35.5. The Morgan fingerprint density at radius 3 is 2.21 bits per heavy atom. The molecule has 1 N–H and O–H groups in total. The van der Waals surface area contributed by atoms with Crippen molar-refractivity contribution in [2.24, 2.45) is 0 Å². The van der Waals surface area contributed by atoms with Crippen molar-refractivity contribution >= 4 is 23.2 Å². The molecule has 0 amide bonds. The molecule has 0 aromatic heterocycles. The van der Waals surface area contributed by atoms with Gasteiger partial charge in [-0.25, -0.2) is 0 Å². The molecule has 0 heterocycles. The Morgan fingerprint density at radius 1 is 1.05 bits per heavy atom. The summed E-state index contributed by atoms with van der Waals surface area (Å²) in [4.78, 5) is 0. The van der Waals surface area contributed by atoms with Crippen LogP contribution in [0.4, 0.5) is 0 Å². The van der Waals surface area contributed by atoms with E-state index in [4.69, 9.17) is 23.2 Å². The van der Waals surface area contributed by atoms with E-state index in [1.165, 1.54) is 0 Å². The summed E-state index contributed by atoms with van der Waals surface area (Å²) in [5, 5.41) is 20.4. The third-order valence-electron chi connectivity index (χ3n) is 3.10. The lowest BCUT2D eigenvalue weighted by molar-refractivity contribution is 0.251. The van der Waals surface area contributed by atoms with Crippen molar-refractivity contribution in [2.45, 2.75) is 5.41 Å². The Labute approximate surface area is 121 Å². The van der Waals surface area contributed by atoms with Gasteiger partial charge in [-0.1, -0.05) is 53.5 Å². The Morgan fingerprint density at radius 2 is 1.68 bits per heavy atom. The molecule has 19 heavy (non-hydrogen) atoms. The first-order chi connectivity index (χ1) is 9.14. The second-order valence-corrected chi connectivity index (χ2v) is 5.01. The third kappa shape index (κ3) is 2.46. The van der Waals surface area contributed by atoms with Crippen molar-refractivity contribution < 1.29 is 5.11 Å². The zero-order valence-corrected chi connectivity index (χ0v) is 11.5. The molecule has 4 heteroatoms. The van der Waals surface area contributed by atoms with E-state index >= 15 is 0 Å². The largest absolute Gasteiger partial charge is 0.394 e. The molecular weight excluding hydrogens is 281 g/mol. The number of aliphatic hydroxyl groups is 1. The number of hydrogen-bond acceptors (Lipinski definition) is 2. The van der Waals surface area contributed by atoms with E-state index in [1.54, 1.807) is 48.5 Å². The van der Waals surface area contributed by atoms with Crippen LogP contribution >= 0.6 is 23.2 Å². The van der Waals surface area contributed by atoms with Crippen LogP contribution in [0.5, 0.6) is 0 Å². The minimum Gasteiger partial charge on any atom is -0.394 e. The quantitative estimate of drug-likeness (QED) is 0.935. The maximum absolute atomic E-state index is 9.76. The van der Waals surface area contributed by atoms with Gasteiger partial charge in [-0.2, -0.15) is 5.26 Å². The molecule has 0 fully saturated rings. The van der Waals surface area contributed by atoms with Crippen molar-refractivity contribution in [2.75, 3.05) is 6.61 Å². The number of halogens is 2. The fraction of sp³-hybridized carbons (Fsp3) is 0.133. The summed E-state index contributed by atoms with van der Waals surface area (Å²) in [7, 11) is 0. The maximum atomic E-state index is 9.76. The highest BCUT2D eigenvalue weighted by molar-refractivity contribution is 6.31. The summed E-state index contributed by atoms with van der Waals surface area (Å²) in [5.41, 5.74) is 0.0714. The summed E-state index contributed by atoms with van der Waals surface area (Å²) in [5.74, 6) is 0. The zero-order valence-electron chi connectivity index (χ0n) is 9.98. The predicted octanol–water partition coefficient (Wildman–Crippen LogP) is 3.80. The van der Waals surface area contributed by atoms with Crippen LogP contribution in [0.3, 0.4) is 0 Å². The molecule has 0 saturated carbocycles. The van der Waals surface area contributed by atoms with Crippen LogP contribution in [0.2, 0.25) is 10.0 Å². The fourth-order valence-corrected chi connectivity index (χ4v) is 2.46. The SMILES string of the molecule is N#CC(CO)(c1ccc(Cl)cc1)c1ccccc1Cl. The molecule has 2 rings (SSSR count). The molecule has 2 nitrogen and oxygen atoms in total. The molecule has 0 aliphatic carbocycles. The van der Waals surface area contributed by atoms with Crippen LogP contribution in [0.1, 0.15) is 11.1 Å². The van der Waals surface area contributed by atoms with Gasteiger partial charge in [-0.15, -0.1) is 0 Å². The molecule has 0 saturated heterocycles. The van der Waals surface area contributed by atoms with Crippen molar-refractivity contribution in [3.63, 3.8) is 0 Å². The maximum Gasteiger partial charge on any atom is 0.131 e. The van der Waals surface area contributed by atoms with Gasteiger partial charge in [0.05, 0.1) is 12.7 Å². The van der Waals surface area contributed by atoms with Crippen molar-refractivity contribution in [3.05, 3.63) is 69.7 Å². The molecule has 2 aromatic carbocycles. The molecule has 96 valence electrons. The summed E-state index contributed by atoms with van der Waals surface area (Å²) in [6, 6.07) is 16.0. The van der Waals surface area contributed by atoms with E-state index in [-0.39, 0.29) is 6.61 Å². The Kier molecular flexibility index (Phi) is 4.11. The van der Waals surface area contributed by atoms with Gasteiger partial charge >= 0.3 is 0 Å². The number of nitriles is 1. The van der Waals surface area contributed by atoms with E-state index in [2.05, 4.69) is 6.07 Å². The smallest absolute Gasteiger partial charge is 0.131 e. The lowest BCUT2D eigenvalue weighted by atomic mass is 9.76. The van der Waals surface area contributed by atoms with Gasteiger partial charge in [-0.3, -0.25) is 0 Å². The number of nitrogens with zero attached hydrogens (tertiary/aromatic N) is 1. The molecular formula is C15H11Cl2NO. The van der Waals surface area contributed by atoms with Gasteiger partial charge in [0, 0.05) is 10.0 Å². The molecule has 0 aliphatic heterocycles. The Hall–Kier alpha value is -1.53. The molecule has 0 aliphatic rings. The monoisotopic (exact) mass is 291 g/mol. The van der Waals surface area contributed by atoms with Crippen LogP contribution in [0.15, 0.2) is 48.5 Å². The molecule has 0 spiro atoms. The Balaban J connectivity index is 2.65. The van der Waals surface area contributed by atoms with Gasteiger partial charge in [0.2, 0.25) is 0 Å². The van der Waals surface area contributed by atoms with Crippen molar-refractivity contribution in [1.82, 2.24) is 0 Å². The third-order valence-corrected chi connectivity index (χ3v) is 3.68. The van der Waals surface area contributed by atoms with Crippen molar-refractivity contribution in [1.29, 1.82) is 5.26 Å². The molecule has 1 atom stereocenters. The number of aliphatic hydroxyl groups excluding tert-OH is 1. The van der Waals surface area contributed by atoms with E-state index < -0.39 is 5.41 Å². The predicted molar refractivity (Wildman–Crippen MR) is 76.4 cm³/mol. The van der Waals surface area contributed by atoms with E-state index in [0.29, 0.717) is 21.2 Å². The van der Waals surface area contributed by atoms with Gasteiger partial charge < -0.3 is 5.11 Å². The number of hydrogen-bond donors (Lipinski definition) is 1. The first-order valence-electron chi connectivity index (χ1n) is 5.67. The molecule has 0 radical (unpaired) electrons. The Bertz CT molecular complexity index is 619. The van der Waals surface area contributed by atoms with Crippen LogP contribution in [0.25, 0.3) is 0 Å². The minimum absolute atomic E-state index is 0.352. The summed E-state index contributed by atoms with van der Waals surface area (Å²) < 4.78 is 0. The first-order valence-corrected chi connectivity index (χ1v) is 6.43. The summed E-state index contributed by atoms with van der Waals surface area (Å²) in [6.07, 6.45) is 0. The number of rotatable bonds is 3. The summed E-state index contributed by atoms with van der Waals surface area (Å²) in [6.45, 7) is -0.352. The van der Waals surface area contributed by atoms with E-state index in [1.807, 2.05) is 0 Å². The molecule has 2 aromatic rings. The lowest BCUT2D eigenvalue weighted by Crippen LogP contribution is -2.30. The second-order valence-electron chi connectivity index (χ2n) is 4.16. The average molecular weight is 292 g/mol. The van der Waals surface area contributed by atoms with Gasteiger partial charge in [-0.05, 0) is 29.3 Å². The van der Waals surface area contributed by atoms with Gasteiger partial charge in [0.25, 0.3) is 0 Å². The first kappa shape index (κ1) is 13.9. The molecule has 1 unspecified atom stereocenters. The average Bonchev–Trinajstić information content (AvgIpc) is 2.44.